The van der Waals surface area contributed by atoms with Gasteiger partial charge in [0.1, 0.15) is 11.5 Å². The lowest BCUT2D eigenvalue weighted by molar-refractivity contribution is 0.396. The summed E-state index contributed by atoms with van der Waals surface area (Å²) in [6.07, 6.45) is 0. The quantitative estimate of drug-likeness (QED) is 0.838. The fourth-order valence-corrected chi connectivity index (χ4v) is 1.92. The molecule has 0 saturated heterocycles. The highest BCUT2D eigenvalue weighted by Gasteiger charge is 2.10. The number of hydrogen-bond donors (Lipinski definition) is 2. The third-order valence-corrected chi connectivity index (χ3v) is 2.96. The molecule has 19 heavy (non-hydrogen) atoms. The van der Waals surface area contributed by atoms with Gasteiger partial charge in [-0.2, -0.15) is 0 Å². The Morgan fingerprint density at radius 3 is 2.21 bits per heavy atom. The number of hydrogen-bond acceptors (Lipinski definition) is 4. The minimum absolute atomic E-state index is 0.515. The number of nitrogens with one attached hydrogen (secondary N) is 1. The van der Waals surface area contributed by atoms with Crippen LogP contribution in [0.5, 0.6) is 11.5 Å². The maximum atomic E-state index is 6.11. The number of ether oxygens (including phenoxy) is 2. The highest BCUT2D eigenvalue weighted by Crippen LogP contribution is 2.37. The lowest BCUT2D eigenvalue weighted by Crippen LogP contribution is -1.96. The molecule has 0 aliphatic rings. The fraction of sp³-hybridized carbons (Fsp3) is 0.143. The third-order valence-electron chi connectivity index (χ3n) is 2.66. The van der Waals surface area contributed by atoms with Crippen LogP contribution in [0.1, 0.15) is 0 Å². The summed E-state index contributed by atoms with van der Waals surface area (Å²) in [5.74, 6) is 1.22. The van der Waals surface area contributed by atoms with E-state index in [0.29, 0.717) is 22.2 Å². The van der Waals surface area contributed by atoms with Crippen molar-refractivity contribution in [1.29, 1.82) is 0 Å². The van der Waals surface area contributed by atoms with Crippen molar-refractivity contribution in [2.24, 2.45) is 0 Å². The van der Waals surface area contributed by atoms with E-state index in [-0.39, 0.29) is 0 Å². The van der Waals surface area contributed by atoms with Crippen molar-refractivity contribution in [3.05, 3.63) is 41.4 Å². The predicted molar refractivity (Wildman–Crippen MR) is 78.7 cm³/mol. The number of benzene rings is 2. The van der Waals surface area contributed by atoms with E-state index in [1.165, 1.54) is 0 Å². The molecule has 0 aliphatic heterocycles. The maximum absolute atomic E-state index is 6.11. The van der Waals surface area contributed by atoms with Crippen LogP contribution in [0.15, 0.2) is 36.4 Å². The normalized spacial score (nSPS) is 10.1. The summed E-state index contributed by atoms with van der Waals surface area (Å²) in [6, 6.07) is 10.9. The minimum Gasteiger partial charge on any atom is -0.495 e. The van der Waals surface area contributed by atoms with Crippen LogP contribution in [0, 0.1) is 0 Å². The molecule has 0 bridgehead atoms. The van der Waals surface area contributed by atoms with E-state index in [2.05, 4.69) is 5.32 Å². The van der Waals surface area contributed by atoms with Crippen LogP contribution < -0.4 is 20.5 Å². The van der Waals surface area contributed by atoms with Gasteiger partial charge in [0.05, 0.1) is 24.9 Å². The van der Waals surface area contributed by atoms with Gasteiger partial charge < -0.3 is 20.5 Å². The molecule has 2 aromatic carbocycles. The van der Waals surface area contributed by atoms with E-state index in [1.54, 1.807) is 26.4 Å². The van der Waals surface area contributed by atoms with Crippen molar-refractivity contribution in [3.63, 3.8) is 0 Å². The highest BCUT2D eigenvalue weighted by molar-refractivity contribution is 6.32. The summed E-state index contributed by atoms with van der Waals surface area (Å²) < 4.78 is 10.5. The van der Waals surface area contributed by atoms with Gasteiger partial charge in [-0.1, -0.05) is 11.6 Å². The van der Waals surface area contributed by atoms with E-state index in [0.717, 1.165) is 11.4 Å². The monoisotopic (exact) mass is 278 g/mol. The minimum atomic E-state index is 0.515. The zero-order valence-corrected chi connectivity index (χ0v) is 11.5. The Labute approximate surface area is 117 Å². The number of nitrogens with two attached hydrogens (primary N) is 1. The Hall–Kier alpha value is -2.07. The molecule has 0 radical (unpaired) electrons. The van der Waals surface area contributed by atoms with Crippen LogP contribution in [0.2, 0.25) is 5.02 Å². The maximum Gasteiger partial charge on any atom is 0.146 e. The molecule has 5 heteroatoms. The van der Waals surface area contributed by atoms with E-state index >= 15 is 0 Å². The number of anilines is 3. The van der Waals surface area contributed by atoms with Crippen molar-refractivity contribution < 1.29 is 9.47 Å². The SMILES string of the molecule is COc1cc(OC)c(Nc2ccc(N)cc2)cc1Cl. The summed E-state index contributed by atoms with van der Waals surface area (Å²) in [5, 5.41) is 3.74. The molecule has 0 unspecified atom stereocenters. The van der Waals surface area contributed by atoms with Crippen LogP contribution >= 0.6 is 11.6 Å². The van der Waals surface area contributed by atoms with Crippen molar-refractivity contribution >= 4 is 28.7 Å². The van der Waals surface area contributed by atoms with Crippen molar-refractivity contribution in [2.45, 2.75) is 0 Å². The lowest BCUT2D eigenvalue weighted by atomic mass is 10.2. The first-order valence-electron chi connectivity index (χ1n) is 5.68. The Kier molecular flexibility index (Phi) is 4.02. The van der Waals surface area contributed by atoms with Gasteiger partial charge in [0.25, 0.3) is 0 Å². The van der Waals surface area contributed by atoms with Gasteiger partial charge in [0.2, 0.25) is 0 Å². The van der Waals surface area contributed by atoms with Gasteiger partial charge in [-0.3, -0.25) is 0 Å². The van der Waals surface area contributed by atoms with Gasteiger partial charge >= 0.3 is 0 Å². The second-order valence-electron chi connectivity index (χ2n) is 3.93. The van der Waals surface area contributed by atoms with E-state index in [1.807, 2.05) is 24.3 Å². The number of nitrogen functional groups attached to an aromatic ring is 1. The Morgan fingerprint density at radius 2 is 1.63 bits per heavy atom. The van der Waals surface area contributed by atoms with Crippen LogP contribution in [0.25, 0.3) is 0 Å². The molecule has 4 nitrogen and oxygen atoms in total. The molecule has 3 N–H and O–H groups in total. The van der Waals surface area contributed by atoms with Crippen LogP contribution in [-0.4, -0.2) is 14.2 Å². The predicted octanol–water partition coefficient (Wildman–Crippen LogP) is 3.68. The van der Waals surface area contributed by atoms with Gasteiger partial charge in [0.15, 0.2) is 0 Å². The molecule has 0 spiro atoms. The molecule has 2 rings (SSSR count). The fourth-order valence-electron chi connectivity index (χ4n) is 1.68. The lowest BCUT2D eigenvalue weighted by Gasteiger charge is -2.14. The molecule has 0 aliphatic carbocycles. The second-order valence-corrected chi connectivity index (χ2v) is 4.34. The Balaban J connectivity index is 2.33. The van der Waals surface area contributed by atoms with E-state index in [4.69, 9.17) is 26.8 Å². The molecule has 0 amide bonds. The van der Waals surface area contributed by atoms with Crippen LogP contribution in [0.3, 0.4) is 0 Å². The summed E-state index contributed by atoms with van der Waals surface area (Å²) in [6.45, 7) is 0. The smallest absolute Gasteiger partial charge is 0.146 e. The summed E-state index contributed by atoms with van der Waals surface area (Å²) in [4.78, 5) is 0. The molecule has 0 heterocycles. The summed E-state index contributed by atoms with van der Waals surface area (Å²) in [5.41, 5.74) is 8.02. The zero-order valence-electron chi connectivity index (χ0n) is 10.7. The Bertz CT molecular complexity index is 570. The van der Waals surface area contributed by atoms with Crippen molar-refractivity contribution in [1.82, 2.24) is 0 Å². The van der Waals surface area contributed by atoms with Crippen LogP contribution in [-0.2, 0) is 0 Å². The van der Waals surface area contributed by atoms with Crippen molar-refractivity contribution in [2.75, 3.05) is 25.3 Å². The average molecular weight is 279 g/mol. The van der Waals surface area contributed by atoms with E-state index < -0.39 is 0 Å². The average Bonchev–Trinajstić information content (AvgIpc) is 2.42. The molecular formula is C14H15ClN2O2. The number of halogens is 1. The molecule has 0 fully saturated rings. The first-order valence-corrected chi connectivity index (χ1v) is 6.06. The number of rotatable bonds is 4. The molecule has 0 atom stereocenters. The van der Waals surface area contributed by atoms with Gasteiger partial charge in [-0.25, -0.2) is 0 Å². The third kappa shape index (κ3) is 3.03. The highest BCUT2D eigenvalue weighted by atomic mass is 35.5. The van der Waals surface area contributed by atoms with Crippen molar-refractivity contribution in [3.8, 4) is 11.5 Å². The van der Waals surface area contributed by atoms with Gasteiger partial charge in [-0.15, -0.1) is 0 Å². The summed E-state index contributed by atoms with van der Waals surface area (Å²) >= 11 is 6.11. The largest absolute Gasteiger partial charge is 0.495 e. The second kappa shape index (κ2) is 5.71. The van der Waals surface area contributed by atoms with Gasteiger partial charge in [0, 0.05) is 17.4 Å². The topological polar surface area (TPSA) is 56.5 Å². The summed E-state index contributed by atoms with van der Waals surface area (Å²) in [7, 11) is 3.16. The zero-order chi connectivity index (χ0) is 13.8. The van der Waals surface area contributed by atoms with Gasteiger partial charge in [-0.05, 0) is 30.3 Å². The Morgan fingerprint density at radius 1 is 1.00 bits per heavy atom. The van der Waals surface area contributed by atoms with Crippen LogP contribution in [0.4, 0.5) is 17.1 Å². The first kappa shape index (κ1) is 13.4. The molecule has 2 aromatic rings. The molecule has 0 saturated carbocycles. The molecule has 0 aromatic heterocycles. The molecule has 100 valence electrons. The number of methoxy groups -OCH3 is 2. The molecular weight excluding hydrogens is 264 g/mol. The van der Waals surface area contributed by atoms with E-state index in [9.17, 15) is 0 Å². The standard InChI is InChI=1S/C14H15ClN2O2/c1-18-13-8-14(19-2)12(7-11(13)15)17-10-5-3-9(16)4-6-10/h3-8,17H,16H2,1-2H3. The first-order chi connectivity index (χ1) is 9.13.